The molecule has 4 aliphatic rings. The van der Waals surface area contributed by atoms with Gasteiger partial charge in [0.1, 0.15) is 5.82 Å². The Bertz CT molecular complexity index is 1020. The minimum absolute atomic E-state index is 0.344. The first-order valence-electron chi connectivity index (χ1n) is 11.9. The number of likely N-dealkylation sites (tertiary alicyclic amines) is 1. The molecule has 2 heterocycles. The standard InChI is InChI=1S/C26H29ClFN3O/c27-23-4-3-21(28)13-22(23)24-5-6-25(30-29-24)32-16-20-14-26(20)7-9-31(10-8-26)15-19-12-17-1-2-18(19)11-17/h1-6,13,17-20H,7-12,14-16H2. The van der Waals surface area contributed by atoms with Gasteiger partial charge in [0.05, 0.1) is 17.3 Å². The maximum Gasteiger partial charge on any atom is 0.233 e. The summed E-state index contributed by atoms with van der Waals surface area (Å²) in [6, 6.07) is 7.83. The van der Waals surface area contributed by atoms with Crippen LogP contribution in [0.2, 0.25) is 5.02 Å². The number of aromatic nitrogens is 2. The van der Waals surface area contributed by atoms with Crippen LogP contribution in [0.1, 0.15) is 32.1 Å². The van der Waals surface area contributed by atoms with Gasteiger partial charge in [-0.3, -0.25) is 0 Å². The predicted octanol–water partition coefficient (Wildman–Crippen LogP) is 5.63. The SMILES string of the molecule is Fc1ccc(Cl)c(-c2ccc(OCC3CC34CCN(CC3CC5C=CC3C5)CC4)nn2)c1. The summed E-state index contributed by atoms with van der Waals surface area (Å²) >= 11 is 6.17. The van der Waals surface area contributed by atoms with Crippen LogP contribution in [0.3, 0.4) is 0 Å². The Morgan fingerprint density at radius 2 is 1.97 bits per heavy atom. The molecule has 4 nitrogen and oxygen atoms in total. The molecule has 3 fully saturated rings. The molecule has 2 bridgehead atoms. The minimum atomic E-state index is -0.344. The van der Waals surface area contributed by atoms with E-state index in [-0.39, 0.29) is 5.82 Å². The van der Waals surface area contributed by atoms with Crippen molar-refractivity contribution in [3.63, 3.8) is 0 Å². The fourth-order valence-corrected chi connectivity index (χ4v) is 6.53. The third kappa shape index (κ3) is 3.94. The van der Waals surface area contributed by atoms with Crippen LogP contribution in [0, 0.1) is 34.9 Å². The number of hydrogen-bond acceptors (Lipinski definition) is 4. The Hall–Kier alpha value is -1.98. The number of rotatable bonds is 6. The van der Waals surface area contributed by atoms with E-state index in [0.717, 1.165) is 17.8 Å². The van der Waals surface area contributed by atoms with Gasteiger partial charge in [0.25, 0.3) is 0 Å². The molecule has 1 spiro atoms. The monoisotopic (exact) mass is 453 g/mol. The number of ether oxygens (including phenoxy) is 1. The molecule has 4 unspecified atom stereocenters. The summed E-state index contributed by atoms with van der Waals surface area (Å²) in [6.07, 6.45) is 11.6. The highest BCUT2D eigenvalue weighted by molar-refractivity contribution is 6.33. The second kappa shape index (κ2) is 8.11. The summed E-state index contributed by atoms with van der Waals surface area (Å²) in [6.45, 7) is 4.46. The topological polar surface area (TPSA) is 38.2 Å². The molecule has 0 N–H and O–H groups in total. The van der Waals surface area contributed by atoms with Gasteiger partial charge in [0.2, 0.25) is 5.88 Å². The Morgan fingerprint density at radius 1 is 1.09 bits per heavy atom. The lowest BCUT2D eigenvalue weighted by molar-refractivity contribution is 0.128. The Morgan fingerprint density at radius 3 is 2.69 bits per heavy atom. The van der Waals surface area contributed by atoms with Crippen molar-refractivity contribution in [1.82, 2.24) is 15.1 Å². The summed E-state index contributed by atoms with van der Waals surface area (Å²) in [5.74, 6) is 3.40. The quantitative estimate of drug-likeness (QED) is 0.531. The lowest BCUT2D eigenvalue weighted by Crippen LogP contribution is -2.39. The molecule has 0 radical (unpaired) electrons. The van der Waals surface area contributed by atoms with Gasteiger partial charge in [-0.25, -0.2) is 4.39 Å². The van der Waals surface area contributed by atoms with Gasteiger partial charge in [0.15, 0.2) is 0 Å². The lowest BCUT2D eigenvalue weighted by Gasteiger charge is -2.35. The largest absolute Gasteiger partial charge is 0.476 e. The highest BCUT2D eigenvalue weighted by atomic mass is 35.5. The molecule has 1 saturated heterocycles. The molecule has 2 aromatic rings. The van der Waals surface area contributed by atoms with Gasteiger partial charge >= 0.3 is 0 Å². The van der Waals surface area contributed by atoms with E-state index in [4.69, 9.17) is 16.3 Å². The van der Waals surface area contributed by atoms with Crippen molar-refractivity contribution < 1.29 is 9.13 Å². The first kappa shape index (κ1) is 20.6. The van der Waals surface area contributed by atoms with E-state index in [0.29, 0.717) is 40.1 Å². The highest BCUT2D eigenvalue weighted by Gasteiger charge is 2.55. The van der Waals surface area contributed by atoms with Crippen molar-refractivity contribution in [2.45, 2.75) is 32.1 Å². The van der Waals surface area contributed by atoms with Crippen LogP contribution in [-0.2, 0) is 0 Å². The van der Waals surface area contributed by atoms with E-state index < -0.39 is 0 Å². The third-order valence-electron chi connectivity index (χ3n) is 8.40. The summed E-state index contributed by atoms with van der Waals surface area (Å²) in [5, 5.41) is 8.83. The molecular formula is C26H29ClFN3O. The van der Waals surface area contributed by atoms with Crippen LogP contribution in [0.25, 0.3) is 11.3 Å². The molecule has 3 aliphatic carbocycles. The molecule has 1 aliphatic heterocycles. The second-order valence-electron chi connectivity index (χ2n) is 10.3. The molecule has 6 heteroatoms. The van der Waals surface area contributed by atoms with Gasteiger partial charge in [-0.05, 0) is 98.5 Å². The number of fused-ring (bicyclic) bond motifs is 2. The predicted molar refractivity (Wildman–Crippen MR) is 123 cm³/mol. The average Bonchev–Trinajstić information content (AvgIpc) is 3.10. The van der Waals surface area contributed by atoms with E-state index in [9.17, 15) is 4.39 Å². The number of nitrogens with zero attached hydrogens (tertiary/aromatic N) is 3. The number of allylic oxidation sites excluding steroid dienone is 2. The third-order valence-corrected chi connectivity index (χ3v) is 8.73. The number of halogens is 2. The zero-order valence-electron chi connectivity index (χ0n) is 18.2. The van der Waals surface area contributed by atoms with Crippen molar-refractivity contribution in [2.75, 3.05) is 26.2 Å². The van der Waals surface area contributed by atoms with Gasteiger partial charge in [-0.15, -0.1) is 10.2 Å². The van der Waals surface area contributed by atoms with E-state index in [1.165, 1.54) is 69.9 Å². The lowest BCUT2D eigenvalue weighted by atomic mass is 9.88. The summed E-state index contributed by atoms with van der Waals surface area (Å²) in [4.78, 5) is 2.71. The zero-order valence-corrected chi connectivity index (χ0v) is 19.0. The van der Waals surface area contributed by atoms with Crippen LogP contribution in [0.15, 0.2) is 42.5 Å². The van der Waals surface area contributed by atoms with Crippen molar-refractivity contribution in [3.05, 3.63) is 53.3 Å². The Labute approximate surface area is 193 Å². The summed E-state index contributed by atoms with van der Waals surface area (Å²) < 4.78 is 19.5. The molecule has 1 aromatic heterocycles. The molecule has 168 valence electrons. The molecule has 0 amide bonds. The highest BCUT2D eigenvalue weighted by Crippen LogP contribution is 2.59. The smallest absolute Gasteiger partial charge is 0.233 e. The fraction of sp³-hybridized carbons (Fsp3) is 0.538. The maximum absolute atomic E-state index is 13.5. The van der Waals surface area contributed by atoms with E-state index >= 15 is 0 Å². The van der Waals surface area contributed by atoms with Gasteiger partial charge in [-0.1, -0.05) is 23.8 Å². The minimum Gasteiger partial charge on any atom is -0.476 e. The molecular weight excluding hydrogens is 425 g/mol. The first-order chi connectivity index (χ1) is 15.6. The molecule has 6 rings (SSSR count). The van der Waals surface area contributed by atoms with Gasteiger partial charge in [-0.2, -0.15) is 0 Å². The zero-order chi connectivity index (χ0) is 21.7. The van der Waals surface area contributed by atoms with Gasteiger partial charge < -0.3 is 9.64 Å². The van der Waals surface area contributed by atoms with Crippen LogP contribution >= 0.6 is 11.6 Å². The number of benzene rings is 1. The van der Waals surface area contributed by atoms with Crippen LogP contribution in [0.4, 0.5) is 4.39 Å². The first-order valence-corrected chi connectivity index (χ1v) is 12.3. The number of hydrogen-bond donors (Lipinski definition) is 0. The summed E-state index contributed by atoms with van der Waals surface area (Å²) in [7, 11) is 0. The number of piperidine rings is 1. The van der Waals surface area contributed by atoms with Crippen LogP contribution < -0.4 is 4.74 Å². The molecule has 4 atom stereocenters. The van der Waals surface area contributed by atoms with E-state index in [1.54, 1.807) is 12.1 Å². The fourth-order valence-electron chi connectivity index (χ4n) is 6.32. The average molecular weight is 454 g/mol. The summed E-state index contributed by atoms with van der Waals surface area (Å²) in [5.41, 5.74) is 1.57. The van der Waals surface area contributed by atoms with Crippen molar-refractivity contribution in [2.24, 2.45) is 29.1 Å². The van der Waals surface area contributed by atoms with E-state index in [2.05, 4.69) is 27.2 Å². The Balaban J connectivity index is 0.984. The van der Waals surface area contributed by atoms with E-state index in [1.807, 2.05) is 0 Å². The van der Waals surface area contributed by atoms with Gasteiger partial charge in [0, 0.05) is 18.2 Å². The molecule has 2 saturated carbocycles. The van der Waals surface area contributed by atoms with Crippen LogP contribution in [0.5, 0.6) is 5.88 Å². The Kier molecular flexibility index (Phi) is 5.22. The van der Waals surface area contributed by atoms with Crippen molar-refractivity contribution in [3.8, 4) is 17.1 Å². The van der Waals surface area contributed by atoms with Crippen molar-refractivity contribution >= 4 is 11.6 Å². The normalized spacial score (nSPS) is 30.2. The van der Waals surface area contributed by atoms with Crippen molar-refractivity contribution in [1.29, 1.82) is 0 Å². The van der Waals surface area contributed by atoms with Crippen LogP contribution in [-0.4, -0.2) is 41.3 Å². The second-order valence-corrected chi connectivity index (χ2v) is 10.7. The molecule has 1 aromatic carbocycles. The molecule has 32 heavy (non-hydrogen) atoms. The maximum atomic E-state index is 13.5.